The van der Waals surface area contributed by atoms with E-state index in [-0.39, 0.29) is 5.02 Å². The topological polar surface area (TPSA) is 69.2 Å². The van der Waals surface area contributed by atoms with Gasteiger partial charge in [-0.3, -0.25) is 0 Å². The normalized spacial score (nSPS) is 18.4. The summed E-state index contributed by atoms with van der Waals surface area (Å²) in [7, 11) is 1.33. The van der Waals surface area contributed by atoms with Crippen LogP contribution in [0.1, 0.15) is 45.1 Å². The Morgan fingerprint density at radius 2 is 2.09 bits per heavy atom. The summed E-state index contributed by atoms with van der Waals surface area (Å²) in [6, 6.07) is 4.15. The van der Waals surface area contributed by atoms with Gasteiger partial charge in [0.1, 0.15) is 11.4 Å². The summed E-state index contributed by atoms with van der Waals surface area (Å²) >= 11 is 5.90. The van der Waals surface area contributed by atoms with Gasteiger partial charge in [0.15, 0.2) is 0 Å². The van der Waals surface area contributed by atoms with Crippen molar-refractivity contribution in [1.82, 2.24) is 5.32 Å². The number of carbonyl (C=O) groups is 1. The molecule has 1 heterocycles. The van der Waals surface area contributed by atoms with Crippen LogP contribution in [0.25, 0.3) is 0 Å². The number of methoxy groups -OCH3 is 1. The fraction of sp³-hybridized carbons (Fsp3) is 0.440. The third-order valence-electron chi connectivity index (χ3n) is 5.47. The van der Waals surface area contributed by atoms with E-state index in [9.17, 15) is 18.0 Å². The monoisotopic (exact) mass is 514 g/mol. The molecule has 1 aromatic carbocycles. The van der Waals surface area contributed by atoms with Crippen molar-refractivity contribution >= 4 is 23.3 Å². The van der Waals surface area contributed by atoms with Crippen molar-refractivity contribution in [3.8, 4) is 5.75 Å². The molecule has 0 radical (unpaired) electrons. The highest BCUT2D eigenvalue weighted by Crippen LogP contribution is 2.33. The summed E-state index contributed by atoms with van der Waals surface area (Å²) in [5.74, 6) is -0.853. The van der Waals surface area contributed by atoms with E-state index >= 15 is 0 Å². The van der Waals surface area contributed by atoms with E-state index < -0.39 is 23.7 Å². The number of nitrogens with one attached hydrogen (secondary N) is 1. The first-order chi connectivity index (χ1) is 16.5. The van der Waals surface area contributed by atoms with Crippen molar-refractivity contribution in [3.05, 3.63) is 64.7 Å². The predicted octanol–water partition coefficient (Wildman–Crippen LogP) is 6.27. The molecule has 0 aliphatic carbocycles. The number of allylic oxidation sites excluding steroid dienone is 3. The molecule has 1 N–H and O–H groups in total. The van der Waals surface area contributed by atoms with Gasteiger partial charge in [0.05, 0.1) is 23.4 Å². The maximum absolute atomic E-state index is 12.4. The Kier molecular flexibility index (Phi) is 10.4. The number of carbonyl (C=O) groups excluding carboxylic acids is 1. The summed E-state index contributed by atoms with van der Waals surface area (Å²) in [5.41, 5.74) is 2.02. The fourth-order valence-electron chi connectivity index (χ4n) is 3.45. The number of rotatable bonds is 12. The lowest BCUT2D eigenvalue weighted by atomic mass is 9.88. The Morgan fingerprint density at radius 3 is 2.69 bits per heavy atom. The number of alkyl halides is 3. The number of ether oxygens (including phenoxy) is 2. The molecule has 6 nitrogen and oxygen atoms in total. The van der Waals surface area contributed by atoms with Crippen LogP contribution in [0.4, 0.5) is 13.2 Å². The van der Waals surface area contributed by atoms with Gasteiger partial charge < -0.3 is 19.6 Å². The summed E-state index contributed by atoms with van der Waals surface area (Å²) in [5, 5.41) is 7.36. The van der Waals surface area contributed by atoms with Crippen LogP contribution in [0.2, 0.25) is 5.02 Å². The Bertz CT molecular complexity index is 1000. The largest absolute Gasteiger partial charge is 0.573 e. The number of hydrogen-bond donors (Lipinski definition) is 1. The Balaban J connectivity index is 1.88. The fourth-order valence-corrected chi connectivity index (χ4v) is 3.69. The molecule has 0 amide bonds. The van der Waals surface area contributed by atoms with Gasteiger partial charge in [-0.25, -0.2) is 4.79 Å². The molecule has 0 saturated carbocycles. The maximum atomic E-state index is 12.4. The van der Waals surface area contributed by atoms with Crippen molar-refractivity contribution in [2.75, 3.05) is 13.7 Å². The van der Waals surface area contributed by atoms with Gasteiger partial charge in [-0.2, -0.15) is 0 Å². The number of benzene rings is 1. The van der Waals surface area contributed by atoms with E-state index in [4.69, 9.17) is 21.2 Å². The molecule has 1 unspecified atom stereocenters. The standard InChI is InChI=1S/C25H30ClF3N2O4/c1-5-7-19(23(32)33-4)10-8-17(3)21-15-24(6-2,35-31-21)12-13-30-16-18-9-11-22(20(26)14-18)34-25(27,28)29/h7-11,14,30H,3,5-6,12-13,15-16H2,1-2,4H3/b10-8-,19-7+. The number of nitrogens with zero attached hydrogens (tertiary/aromatic N) is 1. The Hall–Kier alpha value is -2.78. The van der Waals surface area contributed by atoms with Crippen LogP contribution < -0.4 is 10.1 Å². The van der Waals surface area contributed by atoms with Crippen molar-refractivity contribution < 1.29 is 32.3 Å². The quantitative estimate of drug-likeness (QED) is 0.154. The zero-order chi connectivity index (χ0) is 26.1. The molecule has 0 fully saturated rings. The van der Waals surface area contributed by atoms with E-state index in [0.29, 0.717) is 49.2 Å². The molecule has 192 valence electrons. The molecule has 1 aliphatic rings. The highest BCUT2D eigenvalue weighted by atomic mass is 35.5. The van der Waals surface area contributed by atoms with Crippen molar-refractivity contribution in [2.45, 2.75) is 58.0 Å². The summed E-state index contributed by atoms with van der Waals surface area (Å²) in [4.78, 5) is 17.6. The molecule has 1 aliphatic heterocycles. The average Bonchev–Trinajstić information content (AvgIpc) is 3.24. The van der Waals surface area contributed by atoms with Crippen LogP contribution in [-0.4, -0.2) is 37.3 Å². The van der Waals surface area contributed by atoms with E-state index in [1.807, 2.05) is 13.8 Å². The van der Waals surface area contributed by atoms with Gasteiger partial charge >= 0.3 is 12.3 Å². The summed E-state index contributed by atoms with van der Waals surface area (Å²) in [6.07, 6.45) is 2.98. The summed E-state index contributed by atoms with van der Waals surface area (Å²) in [6.45, 7) is 8.98. The molecule has 10 heteroatoms. The second kappa shape index (κ2) is 12.8. The van der Waals surface area contributed by atoms with Gasteiger partial charge in [-0.1, -0.05) is 55.4 Å². The van der Waals surface area contributed by atoms with E-state index in [1.165, 1.54) is 25.3 Å². The Labute approximate surface area is 208 Å². The third-order valence-corrected chi connectivity index (χ3v) is 5.77. The minimum absolute atomic E-state index is 0.112. The second-order valence-corrected chi connectivity index (χ2v) is 8.41. The van der Waals surface area contributed by atoms with Crippen LogP contribution in [0, 0.1) is 0 Å². The second-order valence-electron chi connectivity index (χ2n) is 8.00. The molecule has 0 saturated heterocycles. The first kappa shape index (κ1) is 28.5. The van der Waals surface area contributed by atoms with Crippen molar-refractivity contribution in [1.29, 1.82) is 0 Å². The van der Waals surface area contributed by atoms with Crippen LogP contribution in [0.15, 0.2) is 59.3 Å². The van der Waals surface area contributed by atoms with Crippen LogP contribution in [0.3, 0.4) is 0 Å². The molecule has 1 aromatic rings. The number of esters is 1. The molecule has 0 aromatic heterocycles. The molecule has 0 bridgehead atoms. The first-order valence-corrected chi connectivity index (χ1v) is 11.6. The van der Waals surface area contributed by atoms with Gasteiger partial charge in [0.25, 0.3) is 0 Å². The van der Waals surface area contributed by atoms with Gasteiger partial charge in [-0.15, -0.1) is 13.2 Å². The number of hydrogen-bond acceptors (Lipinski definition) is 6. The van der Waals surface area contributed by atoms with E-state index in [1.54, 1.807) is 18.2 Å². The molecule has 2 rings (SSSR count). The van der Waals surface area contributed by atoms with Crippen LogP contribution in [-0.2, 0) is 20.9 Å². The molecule has 35 heavy (non-hydrogen) atoms. The van der Waals surface area contributed by atoms with Crippen LogP contribution >= 0.6 is 11.6 Å². The number of halogens is 4. The SMILES string of the molecule is C=C(/C=C\C(=C/CC)C(=O)OC)C1=NOC(CC)(CCNCc2ccc(OC(F)(F)F)c(Cl)c2)C1. The zero-order valence-electron chi connectivity index (χ0n) is 20.0. The predicted molar refractivity (Wildman–Crippen MR) is 129 cm³/mol. The van der Waals surface area contributed by atoms with Gasteiger partial charge in [0, 0.05) is 19.4 Å². The lowest BCUT2D eigenvalue weighted by Crippen LogP contribution is -2.33. The highest BCUT2D eigenvalue weighted by molar-refractivity contribution is 6.32. The Morgan fingerprint density at radius 1 is 1.34 bits per heavy atom. The average molecular weight is 515 g/mol. The molecule has 1 atom stereocenters. The zero-order valence-corrected chi connectivity index (χ0v) is 20.8. The highest BCUT2D eigenvalue weighted by Gasteiger charge is 2.37. The van der Waals surface area contributed by atoms with E-state index in [0.717, 1.165) is 12.0 Å². The molecular weight excluding hydrogens is 485 g/mol. The van der Waals surface area contributed by atoms with Crippen molar-refractivity contribution in [2.24, 2.45) is 5.16 Å². The smallest absolute Gasteiger partial charge is 0.465 e. The van der Waals surface area contributed by atoms with E-state index in [2.05, 4.69) is 21.8 Å². The van der Waals surface area contributed by atoms with Crippen molar-refractivity contribution in [3.63, 3.8) is 0 Å². The van der Waals surface area contributed by atoms with Gasteiger partial charge in [0.2, 0.25) is 0 Å². The maximum Gasteiger partial charge on any atom is 0.573 e. The minimum atomic E-state index is -4.79. The lowest BCUT2D eigenvalue weighted by molar-refractivity contribution is -0.274. The minimum Gasteiger partial charge on any atom is -0.465 e. The lowest BCUT2D eigenvalue weighted by Gasteiger charge is -2.25. The third kappa shape index (κ3) is 8.74. The molecule has 0 spiro atoms. The molecular formula is C25H30ClF3N2O4. The van der Waals surface area contributed by atoms with Crippen LogP contribution in [0.5, 0.6) is 5.75 Å². The summed E-state index contributed by atoms with van der Waals surface area (Å²) < 4.78 is 45.8. The van der Waals surface area contributed by atoms with Gasteiger partial charge in [-0.05, 0) is 48.7 Å². The number of oxime groups is 1. The first-order valence-electron chi connectivity index (χ1n) is 11.2.